The third-order valence-electron chi connectivity index (χ3n) is 3.24. The van der Waals surface area contributed by atoms with Crippen molar-refractivity contribution in [3.63, 3.8) is 0 Å². The van der Waals surface area contributed by atoms with Crippen LogP contribution in [0.3, 0.4) is 0 Å². The molecule has 0 bridgehead atoms. The fourth-order valence-electron chi connectivity index (χ4n) is 1.76. The number of thioether (sulfide) groups is 1. The highest BCUT2D eigenvalue weighted by Gasteiger charge is 2.08. The van der Waals surface area contributed by atoms with E-state index in [-0.39, 0.29) is 11.7 Å². The van der Waals surface area contributed by atoms with Crippen LogP contribution in [0.2, 0.25) is 0 Å². The van der Waals surface area contributed by atoms with Crippen LogP contribution < -0.4 is 5.32 Å². The van der Waals surface area contributed by atoms with E-state index in [0.717, 1.165) is 17.0 Å². The van der Waals surface area contributed by atoms with Crippen molar-refractivity contribution in [2.45, 2.75) is 25.9 Å². The Balaban J connectivity index is 1.94. The van der Waals surface area contributed by atoms with E-state index in [4.69, 9.17) is 5.26 Å². The van der Waals surface area contributed by atoms with E-state index in [1.165, 1.54) is 11.8 Å². The second-order valence-electron chi connectivity index (χ2n) is 4.83. The number of hydrogen-bond donors (Lipinski definition) is 1. The van der Waals surface area contributed by atoms with Crippen LogP contribution >= 0.6 is 11.8 Å². The van der Waals surface area contributed by atoms with Gasteiger partial charge in [0.05, 0.1) is 17.4 Å². The van der Waals surface area contributed by atoms with Crippen molar-refractivity contribution < 1.29 is 4.79 Å². The zero-order valence-corrected chi connectivity index (χ0v) is 13.5. The number of benzene rings is 1. The Hall–Kier alpha value is -2.39. The fourth-order valence-corrected chi connectivity index (χ4v) is 2.50. The highest BCUT2D eigenvalue weighted by atomic mass is 32.2. The molecule has 1 heterocycles. The molecule has 0 atom stereocenters. The number of carbonyl (C=O) groups excluding carboxylic acids is 1. The summed E-state index contributed by atoms with van der Waals surface area (Å²) in [6, 6.07) is 8.78. The Kier molecular flexibility index (Phi) is 5.12. The lowest BCUT2D eigenvalue weighted by Gasteiger charge is -2.07. The summed E-state index contributed by atoms with van der Waals surface area (Å²) in [7, 11) is 0. The number of nitrogens with zero attached hydrogens (tertiary/aromatic N) is 3. The summed E-state index contributed by atoms with van der Waals surface area (Å²) in [5.74, 6) is 0.108. The number of hydrogen-bond acceptors (Lipinski definition) is 5. The average Bonchev–Trinajstić information content (AvgIpc) is 2.51. The third kappa shape index (κ3) is 4.06. The monoisotopic (exact) mass is 312 g/mol. The van der Waals surface area contributed by atoms with Gasteiger partial charge in [0.2, 0.25) is 5.91 Å². The van der Waals surface area contributed by atoms with E-state index < -0.39 is 0 Å². The van der Waals surface area contributed by atoms with Gasteiger partial charge in [0.25, 0.3) is 0 Å². The molecule has 0 fully saturated rings. The molecule has 0 radical (unpaired) electrons. The minimum absolute atomic E-state index is 0.130. The minimum atomic E-state index is -0.130. The Morgan fingerprint density at radius 3 is 2.32 bits per heavy atom. The van der Waals surface area contributed by atoms with E-state index in [1.54, 1.807) is 24.3 Å². The molecule has 0 spiro atoms. The molecule has 0 saturated carbocycles. The zero-order valence-electron chi connectivity index (χ0n) is 12.7. The topological polar surface area (TPSA) is 78.7 Å². The molecule has 1 amide bonds. The Bertz CT molecular complexity index is 712. The SMILES string of the molecule is Cc1nc(SCC(=O)Nc2ccc(C#N)cc2)nc(C)c1C. The molecule has 1 N–H and O–H groups in total. The molecular weight excluding hydrogens is 296 g/mol. The first-order valence-electron chi connectivity index (χ1n) is 6.74. The van der Waals surface area contributed by atoms with E-state index in [9.17, 15) is 4.79 Å². The highest BCUT2D eigenvalue weighted by molar-refractivity contribution is 7.99. The summed E-state index contributed by atoms with van der Waals surface area (Å²) in [5.41, 5.74) is 4.17. The van der Waals surface area contributed by atoms with Gasteiger partial charge in [-0.2, -0.15) is 5.26 Å². The van der Waals surface area contributed by atoms with Gasteiger partial charge >= 0.3 is 0 Å². The maximum absolute atomic E-state index is 11.9. The lowest BCUT2D eigenvalue weighted by Crippen LogP contribution is -2.14. The third-order valence-corrected chi connectivity index (χ3v) is 4.09. The van der Waals surface area contributed by atoms with Gasteiger partial charge in [-0.15, -0.1) is 0 Å². The van der Waals surface area contributed by atoms with Crippen LogP contribution in [0.15, 0.2) is 29.4 Å². The first kappa shape index (κ1) is 16.0. The number of anilines is 1. The maximum atomic E-state index is 11.9. The van der Waals surface area contributed by atoms with Gasteiger partial charge in [0, 0.05) is 17.1 Å². The number of aromatic nitrogens is 2. The zero-order chi connectivity index (χ0) is 16.1. The molecule has 2 aromatic rings. The lowest BCUT2D eigenvalue weighted by atomic mass is 10.2. The van der Waals surface area contributed by atoms with Gasteiger partial charge in [-0.1, -0.05) is 11.8 Å². The second-order valence-corrected chi connectivity index (χ2v) is 5.77. The number of rotatable bonds is 4. The Morgan fingerprint density at radius 1 is 1.18 bits per heavy atom. The highest BCUT2D eigenvalue weighted by Crippen LogP contribution is 2.17. The Morgan fingerprint density at radius 2 is 1.77 bits per heavy atom. The van der Waals surface area contributed by atoms with Crippen LogP contribution in [0, 0.1) is 32.1 Å². The number of aryl methyl sites for hydroxylation is 2. The molecule has 0 aliphatic rings. The van der Waals surface area contributed by atoms with E-state index in [2.05, 4.69) is 15.3 Å². The second kappa shape index (κ2) is 7.05. The van der Waals surface area contributed by atoms with E-state index >= 15 is 0 Å². The number of nitrogens with one attached hydrogen (secondary N) is 1. The first-order chi connectivity index (χ1) is 10.5. The summed E-state index contributed by atoms with van der Waals surface area (Å²) in [6.07, 6.45) is 0. The predicted octanol–water partition coefficient (Wildman–Crippen LogP) is 3.00. The molecule has 1 aromatic carbocycles. The van der Waals surface area contributed by atoms with Crippen LogP contribution in [0.25, 0.3) is 0 Å². The normalized spacial score (nSPS) is 10.1. The van der Waals surface area contributed by atoms with Crippen LogP contribution in [0.4, 0.5) is 5.69 Å². The van der Waals surface area contributed by atoms with E-state index in [0.29, 0.717) is 16.4 Å². The molecular formula is C16H16N4OS. The molecule has 2 rings (SSSR count). The molecule has 0 aliphatic carbocycles. The number of nitriles is 1. The lowest BCUT2D eigenvalue weighted by molar-refractivity contribution is -0.113. The van der Waals surface area contributed by atoms with Crippen LogP contribution in [0.1, 0.15) is 22.5 Å². The summed E-state index contributed by atoms with van der Waals surface area (Å²) in [4.78, 5) is 20.7. The van der Waals surface area contributed by atoms with E-state index in [1.807, 2.05) is 26.8 Å². The van der Waals surface area contributed by atoms with Crippen molar-refractivity contribution in [3.8, 4) is 6.07 Å². The standard InChI is InChI=1S/C16H16N4OS/c1-10-11(2)18-16(19-12(10)3)22-9-15(21)20-14-6-4-13(8-17)5-7-14/h4-7H,9H2,1-3H3,(H,20,21). The molecule has 0 aliphatic heterocycles. The molecule has 0 saturated heterocycles. The van der Waals surface area contributed by atoms with Crippen molar-refractivity contribution >= 4 is 23.4 Å². The van der Waals surface area contributed by atoms with Crippen LogP contribution in [-0.2, 0) is 4.79 Å². The minimum Gasteiger partial charge on any atom is -0.325 e. The van der Waals surface area contributed by atoms with Gasteiger partial charge in [0.1, 0.15) is 0 Å². The largest absolute Gasteiger partial charge is 0.325 e. The quantitative estimate of drug-likeness (QED) is 0.693. The smallest absolute Gasteiger partial charge is 0.234 e. The number of carbonyl (C=O) groups is 1. The van der Waals surface area contributed by atoms with Gasteiger partial charge < -0.3 is 5.32 Å². The predicted molar refractivity (Wildman–Crippen MR) is 86.8 cm³/mol. The van der Waals surface area contributed by atoms with Crippen molar-refractivity contribution in [1.29, 1.82) is 5.26 Å². The van der Waals surface area contributed by atoms with Crippen molar-refractivity contribution in [1.82, 2.24) is 9.97 Å². The first-order valence-corrected chi connectivity index (χ1v) is 7.73. The maximum Gasteiger partial charge on any atom is 0.234 e. The molecule has 1 aromatic heterocycles. The molecule has 112 valence electrons. The average molecular weight is 312 g/mol. The summed E-state index contributed by atoms with van der Waals surface area (Å²) >= 11 is 1.31. The molecule has 5 nitrogen and oxygen atoms in total. The van der Waals surface area contributed by atoms with Gasteiger partial charge in [-0.3, -0.25) is 4.79 Å². The van der Waals surface area contributed by atoms with Crippen LogP contribution in [0.5, 0.6) is 0 Å². The molecule has 22 heavy (non-hydrogen) atoms. The van der Waals surface area contributed by atoms with Gasteiger partial charge in [-0.05, 0) is 50.6 Å². The Labute approximate surface area is 133 Å². The summed E-state index contributed by atoms with van der Waals surface area (Å²) in [5, 5.41) is 12.1. The van der Waals surface area contributed by atoms with Gasteiger partial charge in [-0.25, -0.2) is 9.97 Å². The van der Waals surface area contributed by atoms with Crippen molar-refractivity contribution in [2.24, 2.45) is 0 Å². The van der Waals surface area contributed by atoms with Crippen molar-refractivity contribution in [2.75, 3.05) is 11.1 Å². The fraction of sp³-hybridized carbons (Fsp3) is 0.250. The van der Waals surface area contributed by atoms with Crippen molar-refractivity contribution in [3.05, 3.63) is 46.8 Å². The number of amides is 1. The summed E-state index contributed by atoms with van der Waals surface area (Å²) in [6.45, 7) is 5.85. The molecule has 0 unspecified atom stereocenters. The van der Waals surface area contributed by atoms with Gasteiger partial charge in [0.15, 0.2) is 5.16 Å². The summed E-state index contributed by atoms with van der Waals surface area (Å²) < 4.78 is 0. The molecule has 6 heteroatoms. The van der Waals surface area contributed by atoms with Crippen LogP contribution in [-0.4, -0.2) is 21.6 Å².